The topological polar surface area (TPSA) is 73.9 Å². The lowest BCUT2D eigenvalue weighted by Gasteiger charge is -2.29. The van der Waals surface area contributed by atoms with E-state index in [-0.39, 0.29) is 30.3 Å². The summed E-state index contributed by atoms with van der Waals surface area (Å²) in [6, 6.07) is 5.33. The minimum absolute atomic E-state index is 0.0846. The number of esters is 1. The van der Waals surface area contributed by atoms with E-state index in [4.69, 9.17) is 14.2 Å². The highest BCUT2D eigenvalue weighted by molar-refractivity contribution is 5.81. The Morgan fingerprint density at radius 1 is 1.08 bits per heavy atom. The smallest absolute Gasteiger partial charge is 0.311 e. The molecular formula is C19H25NO5. The van der Waals surface area contributed by atoms with Gasteiger partial charge in [0.15, 0.2) is 11.5 Å². The summed E-state index contributed by atoms with van der Waals surface area (Å²) in [6.07, 6.45) is 3.36. The van der Waals surface area contributed by atoms with Crippen molar-refractivity contribution in [1.29, 1.82) is 0 Å². The van der Waals surface area contributed by atoms with Crippen LogP contribution in [0.5, 0.6) is 11.5 Å². The molecule has 0 unspecified atom stereocenters. The van der Waals surface area contributed by atoms with E-state index < -0.39 is 0 Å². The fraction of sp³-hybridized carbons (Fsp3) is 0.579. The first kappa shape index (κ1) is 17.6. The van der Waals surface area contributed by atoms with Crippen LogP contribution >= 0.6 is 0 Å². The molecule has 25 heavy (non-hydrogen) atoms. The molecule has 6 nitrogen and oxygen atoms in total. The largest absolute Gasteiger partial charge is 0.493 e. The number of carbonyl (C=O) groups is 2. The van der Waals surface area contributed by atoms with Gasteiger partial charge in [-0.1, -0.05) is 6.07 Å². The van der Waals surface area contributed by atoms with Crippen LogP contribution in [-0.2, 0) is 20.7 Å². The molecule has 0 radical (unpaired) electrons. The Labute approximate surface area is 147 Å². The summed E-state index contributed by atoms with van der Waals surface area (Å²) in [5, 5.41) is 3.08. The van der Waals surface area contributed by atoms with E-state index in [0.29, 0.717) is 23.3 Å². The van der Waals surface area contributed by atoms with Gasteiger partial charge in [0, 0.05) is 6.04 Å². The monoisotopic (exact) mass is 347 g/mol. The zero-order valence-electron chi connectivity index (χ0n) is 14.9. The second kappa shape index (κ2) is 7.33. The molecule has 1 amide bonds. The standard InChI is InChI=1S/C19H25NO5/c1-23-14-7-4-11(8-15(14)24-2)9-16(21)20-18-13-6-5-12(10-13)17(18)19(22)25-3/h4,7-8,12-13,17-18H,5-6,9-10H2,1-3H3,(H,20,21)/t12-,13-,17-,18-/m0/s1. The minimum Gasteiger partial charge on any atom is -0.493 e. The van der Waals surface area contributed by atoms with Gasteiger partial charge in [-0.25, -0.2) is 0 Å². The zero-order valence-corrected chi connectivity index (χ0v) is 14.9. The van der Waals surface area contributed by atoms with Crippen LogP contribution in [0.25, 0.3) is 0 Å². The lowest BCUT2D eigenvalue weighted by atomic mass is 9.84. The number of benzene rings is 1. The highest BCUT2D eigenvalue weighted by Crippen LogP contribution is 2.48. The first-order valence-electron chi connectivity index (χ1n) is 8.65. The summed E-state index contributed by atoms with van der Waals surface area (Å²) in [4.78, 5) is 24.6. The molecule has 1 aromatic carbocycles. The molecular weight excluding hydrogens is 322 g/mol. The van der Waals surface area contributed by atoms with Gasteiger partial charge in [0.05, 0.1) is 33.7 Å². The van der Waals surface area contributed by atoms with E-state index in [9.17, 15) is 9.59 Å². The normalized spacial score (nSPS) is 27.0. The third-order valence-electron chi connectivity index (χ3n) is 5.53. The molecule has 136 valence electrons. The maximum Gasteiger partial charge on any atom is 0.311 e. The van der Waals surface area contributed by atoms with E-state index in [2.05, 4.69) is 5.32 Å². The number of rotatable bonds is 6. The van der Waals surface area contributed by atoms with Crippen LogP contribution in [0.3, 0.4) is 0 Å². The summed E-state index contributed by atoms with van der Waals surface area (Å²) in [6.45, 7) is 0. The van der Waals surface area contributed by atoms with Crippen LogP contribution in [0.2, 0.25) is 0 Å². The van der Waals surface area contributed by atoms with Crippen molar-refractivity contribution >= 4 is 11.9 Å². The van der Waals surface area contributed by atoms with Crippen molar-refractivity contribution in [3.63, 3.8) is 0 Å². The van der Waals surface area contributed by atoms with Gasteiger partial charge in [-0.2, -0.15) is 0 Å². The van der Waals surface area contributed by atoms with Gasteiger partial charge in [-0.15, -0.1) is 0 Å². The van der Waals surface area contributed by atoms with Gasteiger partial charge in [0.1, 0.15) is 0 Å². The molecule has 2 bridgehead atoms. The molecule has 1 N–H and O–H groups in total. The van der Waals surface area contributed by atoms with Gasteiger partial charge < -0.3 is 19.5 Å². The van der Waals surface area contributed by atoms with Gasteiger partial charge in [-0.3, -0.25) is 9.59 Å². The maximum atomic E-state index is 12.5. The number of fused-ring (bicyclic) bond motifs is 2. The quantitative estimate of drug-likeness (QED) is 0.796. The van der Waals surface area contributed by atoms with Crippen LogP contribution < -0.4 is 14.8 Å². The lowest BCUT2D eigenvalue weighted by Crippen LogP contribution is -2.47. The second-order valence-corrected chi connectivity index (χ2v) is 6.84. The Morgan fingerprint density at radius 2 is 1.80 bits per heavy atom. The average Bonchev–Trinajstić information content (AvgIpc) is 3.22. The Balaban J connectivity index is 1.67. The van der Waals surface area contributed by atoms with Gasteiger partial charge in [0.25, 0.3) is 0 Å². The Hall–Kier alpha value is -2.24. The first-order chi connectivity index (χ1) is 12.1. The molecule has 0 saturated heterocycles. The molecule has 6 heteroatoms. The molecule has 2 aliphatic carbocycles. The Morgan fingerprint density at radius 3 is 2.48 bits per heavy atom. The van der Waals surface area contributed by atoms with E-state index >= 15 is 0 Å². The molecule has 2 saturated carbocycles. The number of nitrogens with one attached hydrogen (secondary N) is 1. The Bertz CT molecular complexity index is 659. The minimum atomic E-state index is -0.210. The van der Waals surface area contributed by atoms with Crippen molar-refractivity contribution in [2.45, 2.75) is 31.7 Å². The molecule has 1 aromatic rings. The Kier molecular flexibility index (Phi) is 5.16. The lowest BCUT2D eigenvalue weighted by molar-refractivity contribution is -0.148. The highest BCUT2D eigenvalue weighted by Gasteiger charge is 2.51. The summed E-state index contributed by atoms with van der Waals surface area (Å²) < 4.78 is 15.4. The van der Waals surface area contributed by atoms with Crippen LogP contribution in [0.4, 0.5) is 0 Å². The molecule has 2 fully saturated rings. The van der Waals surface area contributed by atoms with Crippen molar-refractivity contribution in [3.8, 4) is 11.5 Å². The molecule has 2 aliphatic rings. The van der Waals surface area contributed by atoms with Crippen molar-refractivity contribution in [2.75, 3.05) is 21.3 Å². The summed E-state index contributed by atoms with van der Waals surface area (Å²) >= 11 is 0. The molecule has 0 heterocycles. The number of ether oxygens (including phenoxy) is 3. The van der Waals surface area contributed by atoms with Gasteiger partial charge >= 0.3 is 5.97 Å². The van der Waals surface area contributed by atoms with Gasteiger partial charge in [0.2, 0.25) is 5.91 Å². The van der Waals surface area contributed by atoms with Crippen molar-refractivity contribution < 1.29 is 23.8 Å². The van der Waals surface area contributed by atoms with Crippen molar-refractivity contribution in [2.24, 2.45) is 17.8 Å². The molecule has 0 spiro atoms. The first-order valence-corrected chi connectivity index (χ1v) is 8.65. The second-order valence-electron chi connectivity index (χ2n) is 6.84. The predicted octanol–water partition coefficient (Wildman–Crippen LogP) is 1.95. The molecule has 3 rings (SSSR count). The predicted molar refractivity (Wildman–Crippen MR) is 91.5 cm³/mol. The number of hydrogen-bond donors (Lipinski definition) is 1. The number of carbonyl (C=O) groups excluding carboxylic acids is 2. The fourth-order valence-electron chi connectivity index (χ4n) is 4.39. The van der Waals surface area contributed by atoms with Gasteiger partial charge in [-0.05, 0) is 48.8 Å². The summed E-state index contributed by atoms with van der Waals surface area (Å²) in [5.74, 6) is 1.44. The molecule has 0 aliphatic heterocycles. The van der Waals surface area contributed by atoms with Crippen LogP contribution in [-0.4, -0.2) is 39.2 Å². The SMILES string of the molecule is COC(=O)[C@H]1[C@H]2CC[C@@H](C2)[C@@H]1NC(=O)Cc1ccc(OC)c(OC)c1. The number of methoxy groups -OCH3 is 3. The zero-order chi connectivity index (χ0) is 18.0. The maximum absolute atomic E-state index is 12.5. The average molecular weight is 347 g/mol. The number of amides is 1. The molecule has 4 atom stereocenters. The van der Waals surface area contributed by atoms with E-state index in [0.717, 1.165) is 24.8 Å². The van der Waals surface area contributed by atoms with Crippen molar-refractivity contribution in [3.05, 3.63) is 23.8 Å². The number of hydrogen-bond acceptors (Lipinski definition) is 5. The van der Waals surface area contributed by atoms with E-state index in [1.165, 1.54) is 7.11 Å². The highest BCUT2D eigenvalue weighted by atomic mass is 16.5. The van der Waals surface area contributed by atoms with E-state index in [1.54, 1.807) is 26.4 Å². The fourth-order valence-corrected chi connectivity index (χ4v) is 4.39. The summed E-state index contributed by atoms with van der Waals surface area (Å²) in [7, 11) is 4.56. The van der Waals surface area contributed by atoms with Crippen LogP contribution in [0.1, 0.15) is 24.8 Å². The molecule has 0 aromatic heterocycles. The van der Waals surface area contributed by atoms with Crippen LogP contribution in [0, 0.1) is 17.8 Å². The third kappa shape index (κ3) is 3.43. The van der Waals surface area contributed by atoms with Crippen LogP contribution in [0.15, 0.2) is 18.2 Å². The third-order valence-corrected chi connectivity index (χ3v) is 5.53. The summed E-state index contributed by atoms with van der Waals surface area (Å²) in [5.41, 5.74) is 0.841. The van der Waals surface area contributed by atoms with E-state index in [1.807, 2.05) is 6.07 Å². The van der Waals surface area contributed by atoms with Crippen molar-refractivity contribution in [1.82, 2.24) is 5.32 Å².